The molecule has 1 atom stereocenters. The van der Waals surface area contributed by atoms with Crippen LogP contribution in [0.25, 0.3) is 11.1 Å². The zero-order chi connectivity index (χ0) is 26.7. The molecule has 1 aliphatic rings. The Bertz CT molecular complexity index is 1470. The predicted octanol–water partition coefficient (Wildman–Crippen LogP) is 4.02. The van der Waals surface area contributed by atoms with Crippen molar-refractivity contribution in [3.05, 3.63) is 86.3 Å². The van der Waals surface area contributed by atoms with Crippen molar-refractivity contribution < 1.29 is 19.1 Å². The molecule has 9 heteroatoms. The fourth-order valence-corrected chi connectivity index (χ4v) is 4.79. The van der Waals surface area contributed by atoms with Gasteiger partial charge in [0.15, 0.2) is 5.78 Å². The lowest BCUT2D eigenvalue weighted by atomic mass is 9.97. The van der Waals surface area contributed by atoms with E-state index < -0.39 is 11.6 Å². The third kappa shape index (κ3) is 5.29. The van der Waals surface area contributed by atoms with Gasteiger partial charge in [-0.2, -0.15) is 5.26 Å². The molecule has 0 radical (unpaired) electrons. The van der Waals surface area contributed by atoms with Crippen LogP contribution in [0.15, 0.2) is 53.5 Å². The molecule has 0 bridgehead atoms. The van der Waals surface area contributed by atoms with Gasteiger partial charge in [0.1, 0.15) is 5.75 Å². The number of benzene rings is 2. The monoisotopic (exact) mass is 519 g/mol. The van der Waals surface area contributed by atoms with Crippen molar-refractivity contribution >= 4 is 23.3 Å². The SMILES string of the molecule is COCCC(C(=O)Cc1ccc2c(c1)CN(C)C2=O)n1cc(OC)c(-c2cc(Cl)ccc2C#N)cc1=O. The van der Waals surface area contributed by atoms with Crippen molar-refractivity contribution in [2.24, 2.45) is 0 Å². The van der Waals surface area contributed by atoms with Gasteiger partial charge in [0.25, 0.3) is 11.5 Å². The van der Waals surface area contributed by atoms with E-state index in [9.17, 15) is 19.6 Å². The highest BCUT2D eigenvalue weighted by Gasteiger charge is 2.27. The highest BCUT2D eigenvalue weighted by atomic mass is 35.5. The van der Waals surface area contributed by atoms with Crippen molar-refractivity contribution in [3.8, 4) is 22.9 Å². The minimum atomic E-state index is -0.803. The van der Waals surface area contributed by atoms with Gasteiger partial charge < -0.3 is 18.9 Å². The molecular weight excluding hydrogens is 494 g/mol. The van der Waals surface area contributed by atoms with Crippen molar-refractivity contribution in [3.63, 3.8) is 0 Å². The Balaban J connectivity index is 1.71. The molecule has 0 aliphatic carbocycles. The standard InChI is InChI=1S/C28H26ClN3O5/c1-31-15-19-10-17(4-7-21(19)28(31)35)11-25(33)24(8-9-36-2)32-16-26(37-3)23(13-27(32)34)22-12-20(29)6-5-18(22)14-30/h4-7,10,12-13,16,24H,8-9,11,15H2,1-3H3. The van der Waals surface area contributed by atoms with Crippen LogP contribution >= 0.6 is 11.6 Å². The van der Waals surface area contributed by atoms with E-state index in [1.54, 1.807) is 42.3 Å². The second-order valence-corrected chi connectivity index (χ2v) is 9.33. The fourth-order valence-electron chi connectivity index (χ4n) is 4.62. The normalized spacial score (nSPS) is 13.3. The number of ketones is 1. The Morgan fingerprint density at radius 1 is 1.11 bits per heavy atom. The highest BCUT2D eigenvalue weighted by Crippen LogP contribution is 2.34. The summed E-state index contributed by atoms with van der Waals surface area (Å²) >= 11 is 6.15. The van der Waals surface area contributed by atoms with E-state index in [1.165, 1.54) is 31.0 Å². The van der Waals surface area contributed by atoms with Crippen LogP contribution in [-0.4, -0.2) is 49.0 Å². The summed E-state index contributed by atoms with van der Waals surface area (Å²) in [5.74, 6) is 0.114. The lowest BCUT2D eigenvalue weighted by Gasteiger charge is -2.21. The van der Waals surface area contributed by atoms with Crippen LogP contribution < -0.4 is 10.3 Å². The molecule has 3 aromatic rings. The molecule has 8 nitrogen and oxygen atoms in total. The maximum absolute atomic E-state index is 13.5. The fraction of sp³-hybridized carbons (Fsp3) is 0.286. The van der Waals surface area contributed by atoms with Gasteiger partial charge in [0, 0.05) is 61.5 Å². The number of nitriles is 1. The Kier molecular flexibility index (Phi) is 7.77. The number of carbonyl (C=O) groups excluding carboxylic acids is 2. The van der Waals surface area contributed by atoms with Crippen LogP contribution in [0, 0.1) is 11.3 Å². The van der Waals surface area contributed by atoms with Crippen LogP contribution in [0.2, 0.25) is 5.02 Å². The molecule has 0 spiro atoms. The van der Waals surface area contributed by atoms with Crippen LogP contribution in [-0.2, 0) is 22.5 Å². The van der Waals surface area contributed by atoms with E-state index >= 15 is 0 Å². The molecule has 190 valence electrons. The maximum Gasteiger partial charge on any atom is 0.254 e. The molecule has 2 aromatic carbocycles. The zero-order valence-corrected chi connectivity index (χ0v) is 21.5. The number of fused-ring (bicyclic) bond motifs is 1. The summed E-state index contributed by atoms with van der Waals surface area (Å²) in [6, 6.07) is 12.8. The first kappa shape index (κ1) is 26.1. The smallest absolute Gasteiger partial charge is 0.254 e. The lowest BCUT2D eigenvalue weighted by molar-refractivity contribution is -0.122. The molecule has 0 fully saturated rings. The Morgan fingerprint density at radius 3 is 2.59 bits per heavy atom. The van der Waals surface area contributed by atoms with Crippen molar-refractivity contribution in [1.82, 2.24) is 9.47 Å². The van der Waals surface area contributed by atoms with Gasteiger partial charge in [-0.1, -0.05) is 23.7 Å². The first-order valence-corrected chi connectivity index (χ1v) is 12.0. The number of hydrogen-bond acceptors (Lipinski definition) is 6. The molecule has 0 saturated carbocycles. The van der Waals surface area contributed by atoms with Gasteiger partial charge in [-0.3, -0.25) is 14.4 Å². The topological polar surface area (TPSA) is 102 Å². The quantitative estimate of drug-likeness (QED) is 0.423. The molecule has 1 aliphatic heterocycles. The summed E-state index contributed by atoms with van der Waals surface area (Å²) in [6.45, 7) is 0.763. The summed E-state index contributed by atoms with van der Waals surface area (Å²) in [5, 5.41) is 9.96. The average Bonchev–Trinajstić information content (AvgIpc) is 3.17. The first-order chi connectivity index (χ1) is 17.8. The van der Waals surface area contributed by atoms with E-state index in [4.69, 9.17) is 21.1 Å². The number of rotatable bonds is 9. The minimum Gasteiger partial charge on any atom is -0.495 e. The number of aromatic nitrogens is 1. The lowest BCUT2D eigenvalue weighted by Crippen LogP contribution is -2.31. The summed E-state index contributed by atoms with van der Waals surface area (Å²) in [4.78, 5) is 40.6. The zero-order valence-electron chi connectivity index (χ0n) is 20.8. The molecule has 2 heterocycles. The number of Topliss-reactive ketones (excluding diaryl/α,β-unsaturated/α-hetero) is 1. The van der Waals surface area contributed by atoms with E-state index in [-0.39, 0.29) is 31.1 Å². The van der Waals surface area contributed by atoms with E-state index in [0.29, 0.717) is 39.6 Å². The first-order valence-electron chi connectivity index (χ1n) is 11.7. The maximum atomic E-state index is 13.5. The number of hydrogen-bond donors (Lipinski definition) is 0. The van der Waals surface area contributed by atoms with Gasteiger partial charge in [-0.15, -0.1) is 0 Å². The molecule has 1 amide bonds. The summed E-state index contributed by atoms with van der Waals surface area (Å²) in [7, 11) is 4.73. The van der Waals surface area contributed by atoms with E-state index in [1.807, 2.05) is 6.07 Å². The largest absolute Gasteiger partial charge is 0.495 e. The third-order valence-electron chi connectivity index (χ3n) is 6.49. The van der Waals surface area contributed by atoms with Gasteiger partial charge in [0.2, 0.25) is 0 Å². The second-order valence-electron chi connectivity index (χ2n) is 8.90. The van der Waals surface area contributed by atoms with Crippen LogP contribution in [0.4, 0.5) is 0 Å². The van der Waals surface area contributed by atoms with Gasteiger partial charge in [0.05, 0.1) is 31.0 Å². The van der Waals surface area contributed by atoms with Gasteiger partial charge >= 0.3 is 0 Å². The molecule has 4 rings (SSSR count). The average molecular weight is 520 g/mol. The highest BCUT2D eigenvalue weighted by molar-refractivity contribution is 6.31. The van der Waals surface area contributed by atoms with E-state index in [2.05, 4.69) is 6.07 Å². The number of pyridine rings is 1. The number of carbonyl (C=O) groups is 2. The van der Waals surface area contributed by atoms with Gasteiger partial charge in [-0.25, -0.2) is 0 Å². The van der Waals surface area contributed by atoms with Crippen molar-refractivity contribution in [2.75, 3.05) is 27.9 Å². The summed E-state index contributed by atoms with van der Waals surface area (Å²) in [5.41, 5.74) is 3.08. The summed E-state index contributed by atoms with van der Waals surface area (Å²) in [6.07, 6.45) is 1.86. The number of ether oxygens (including phenoxy) is 2. The van der Waals surface area contributed by atoms with Crippen LogP contribution in [0.1, 0.15) is 39.5 Å². The molecule has 0 N–H and O–H groups in total. The van der Waals surface area contributed by atoms with Crippen LogP contribution in [0.3, 0.4) is 0 Å². The van der Waals surface area contributed by atoms with Crippen molar-refractivity contribution in [2.45, 2.75) is 25.4 Å². The molecule has 37 heavy (non-hydrogen) atoms. The Labute approximate surface area is 219 Å². The third-order valence-corrected chi connectivity index (χ3v) is 6.73. The number of amides is 1. The van der Waals surface area contributed by atoms with Crippen LogP contribution in [0.5, 0.6) is 5.75 Å². The second kappa shape index (κ2) is 11.0. The molecule has 1 unspecified atom stereocenters. The summed E-state index contributed by atoms with van der Waals surface area (Å²) < 4.78 is 12.1. The minimum absolute atomic E-state index is 0.0381. The van der Waals surface area contributed by atoms with Crippen molar-refractivity contribution in [1.29, 1.82) is 5.26 Å². The Morgan fingerprint density at radius 2 is 1.89 bits per heavy atom. The number of halogens is 1. The molecule has 1 aromatic heterocycles. The molecular formula is C28H26ClN3O5. The predicted molar refractivity (Wildman–Crippen MR) is 139 cm³/mol. The number of methoxy groups -OCH3 is 2. The van der Waals surface area contributed by atoms with E-state index in [0.717, 1.165) is 11.1 Å². The number of nitrogens with zero attached hydrogens (tertiary/aromatic N) is 3. The Hall–Kier alpha value is -3.93. The molecule has 0 saturated heterocycles. The van der Waals surface area contributed by atoms with Gasteiger partial charge in [-0.05, 0) is 41.8 Å².